The smallest absolute Gasteiger partial charge is 0.0718 e. The van der Waals surface area contributed by atoms with Crippen LogP contribution in [0.25, 0.3) is 0 Å². The summed E-state index contributed by atoms with van der Waals surface area (Å²) in [6.07, 6.45) is 5.82. The van der Waals surface area contributed by atoms with Gasteiger partial charge in [0.05, 0.1) is 23.9 Å². The van der Waals surface area contributed by atoms with Gasteiger partial charge in [-0.15, -0.1) is 0 Å². The third-order valence-corrected chi connectivity index (χ3v) is 4.71. The van der Waals surface area contributed by atoms with Gasteiger partial charge in [-0.05, 0) is 46.0 Å². The summed E-state index contributed by atoms with van der Waals surface area (Å²) in [7, 11) is 0. The van der Waals surface area contributed by atoms with Crippen LogP contribution in [0.2, 0.25) is 0 Å². The van der Waals surface area contributed by atoms with Crippen LogP contribution in [-0.4, -0.2) is 27.1 Å². The maximum absolute atomic E-state index is 9.39. The van der Waals surface area contributed by atoms with Crippen LogP contribution in [0.1, 0.15) is 55.1 Å². The van der Waals surface area contributed by atoms with Crippen molar-refractivity contribution >= 4 is 0 Å². The number of rotatable bonds is 2. The van der Waals surface area contributed by atoms with Crippen molar-refractivity contribution in [2.24, 2.45) is 0 Å². The van der Waals surface area contributed by atoms with E-state index in [1.165, 1.54) is 19.3 Å². The molecule has 1 aromatic heterocycles. The van der Waals surface area contributed by atoms with Gasteiger partial charge in [-0.3, -0.25) is 4.68 Å². The van der Waals surface area contributed by atoms with E-state index in [0.717, 1.165) is 36.4 Å². The summed E-state index contributed by atoms with van der Waals surface area (Å²) in [6.45, 7) is 4.98. The van der Waals surface area contributed by atoms with Gasteiger partial charge in [0.2, 0.25) is 0 Å². The van der Waals surface area contributed by atoms with Gasteiger partial charge in [0.25, 0.3) is 0 Å². The highest BCUT2D eigenvalue weighted by atomic mass is 16.5. The third-order valence-electron chi connectivity index (χ3n) is 4.71. The van der Waals surface area contributed by atoms with E-state index in [1.54, 1.807) is 0 Å². The predicted octanol–water partition coefficient (Wildman–Crippen LogP) is 2.27. The Balaban J connectivity index is 1.86. The molecule has 2 aliphatic rings. The number of aliphatic hydroxyl groups is 1. The Labute approximate surface area is 108 Å². The molecule has 4 heteroatoms. The van der Waals surface area contributed by atoms with Crippen LogP contribution in [0, 0.1) is 13.8 Å². The molecule has 3 rings (SSSR count). The second kappa shape index (κ2) is 4.35. The summed E-state index contributed by atoms with van der Waals surface area (Å²) < 4.78 is 8.09. The zero-order valence-electron chi connectivity index (χ0n) is 11.3. The minimum atomic E-state index is 0.0893. The monoisotopic (exact) mass is 250 g/mol. The largest absolute Gasteiger partial charge is 0.392 e. The Morgan fingerprint density at radius 3 is 2.78 bits per heavy atom. The minimum absolute atomic E-state index is 0.0893. The summed E-state index contributed by atoms with van der Waals surface area (Å²) in [5.74, 6) is 0. The number of aryl methyl sites for hydroxylation is 1. The van der Waals surface area contributed by atoms with Gasteiger partial charge in [-0.25, -0.2) is 0 Å². The Morgan fingerprint density at radius 1 is 1.44 bits per heavy atom. The Hall–Kier alpha value is -0.870. The molecular formula is C14H22N2O2. The van der Waals surface area contributed by atoms with Crippen LogP contribution in [0.4, 0.5) is 0 Å². The number of aromatic nitrogens is 2. The van der Waals surface area contributed by atoms with Gasteiger partial charge >= 0.3 is 0 Å². The van der Waals surface area contributed by atoms with Crippen molar-refractivity contribution in [2.45, 2.75) is 64.2 Å². The maximum atomic E-state index is 9.39. The fraction of sp³-hybridized carbons (Fsp3) is 0.786. The lowest BCUT2D eigenvalue weighted by atomic mass is 9.74. The van der Waals surface area contributed by atoms with E-state index in [1.807, 2.05) is 6.92 Å². The molecule has 4 nitrogen and oxygen atoms in total. The summed E-state index contributed by atoms with van der Waals surface area (Å²) in [4.78, 5) is 0. The third kappa shape index (κ3) is 1.79. The Morgan fingerprint density at radius 2 is 2.22 bits per heavy atom. The van der Waals surface area contributed by atoms with Gasteiger partial charge in [0.15, 0.2) is 0 Å². The maximum Gasteiger partial charge on any atom is 0.0718 e. The first-order valence-electron chi connectivity index (χ1n) is 6.95. The zero-order valence-corrected chi connectivity index (χ0v) is 11.3. The van der Waals surface area contributed by atoms with Gasteiger partial charge in [0.1, 0.15) is 0 Å². The van der Waals surface area contributed by atoms with Crippen molar-refractivity contribution in [1.82, 2.24) is 9.78 Å². The molecule has 1 unspecified atom stereocenters. The fourth-order valence-electron chi connectivity index (χ4n) is 3.41. The standard InChI is InChI=1S/C14H22N2O2/c1-10-13(9-17)11(2)16(15-10)12-4-7-18-14(8-12)5-3-6-14/h12,17H,3-9H2,1-2H3. The number of ether oxygens (including phenoxy) is 1. The lowest BCUT2D eigenvalue weighted by Gasteiger charge is -2.47. The van der Waals surface area contributed by atoms with Crippen LogP contribution in [0.15, 0.2) is 0 Å². The number of aliphatic hydroxyl groups excluding tert-OH is 1. The highest BCUT2D eigenvalue weighted by molar-refractivity contribution is 5.24. The van der Waals surface area contributed by atoms with Crippen molar-refractivity contribution in [2.75, 3.05) is 6.61 Å². The molecule has 1 spiro atoms. The zero-order chi connectivity index (χ0) is 12.8. The van der Waals surface area contributed by atoms with Gasteiger partial charge in [-0.2, -0.15) is 5.10 Å². The molecule has 18 heavy (non-hydrogen) atoms. The summed E-state index contributed by atoms with van der Waals surface area (Å²) >= 11 is 0. The molecule has 1 aromatic rings. The SMILES string of the molecule is Cc1nn(C2CCOC3(CCC3)C2)c(C)c1CO. The molecule has 1 atom stereocenters. The van der Waals surface area contributed by atoms with Crippen LogP contribution >= 0.6 is 0 Å². The summed E-state index contributed by atoms with van der Waals surface area (Å²) in [5, 5.41) is 14.0. The molecule has 1 aliphatic carbocycles. The van der Waals surface area contributed by atoms with Gasteiger partial charge in [0, 0.05) is 17.9 Å². The first-order valence-corrected chi connectivity index (χ1v) is 6.95. The molecule has 1 saturated carbocycles. The number of hydrogen-bond acceptors (Lipinski definition) is 3. The van der Waals surface area contributed by atoms with Crippen LogP contribution in [-0.2, 0) is 11.3 Å². The van der Waals surface area contributed by atoms with Crippen LogP contribution < -0.4 is 0 Å². The normalized spacial score (nSPS) is 26.3. The first kappa shape index (κ1) is 12.2. The van der Waals surface area contributed by atoms with E-state index in [2.05, 4.69) is 16.7 Å². The van der Waals surface area contributed by atoms with Crippen molar-refractivity contribution in [3.05, 3.63) is 17.0 Å². The molecule has 1 saturated heterocycles. The van der Waals surface area contributed by atoms with Crippen LogP contribution in [0.5, 0.6) is 0 Å². The quantitative estimate of drug-likeness (QED) is 0.876. The van der Waals surface area contributed by atoms with E-state index in [9.17, 15) is 5.11 Å². The predicted molar refractivity (Wildman–Crippen MR) is 68.4 cm³/mol. The summed E-state index contributed by atoms with van der Waals surface area (Å²) in [6, 6.07) is 0.443. The highest BCUT2D eigenvalue weighted by Gasteiger charge is 2.43. The molecule has 2 heterocycles. The van der Waals surface area contributed by atoms with Gasteiger partial charge < -0.3 is 9.84 Å². The van der Waals surface area contributed by atoms with E-state index in [0.29, 0.717) is 6.04 Å². The average molecular weight is 250 g/mol. The molecule has 1 aliphatic heterocycles. The number of hydrogen-bond donors (Lipinski definition) is 1. The summed E-state index contributed by atoms with van der Waals surface area (Å²) in [5.41, 5.74) is 3.22. The molecule has 1 N–H and O–H groups in total. The Kier molecular flexibility index (Phi) is 2.94. The molecular weight excluding hydrogens is 228 g/mol. The van der Waals surface area contributed by atoms with Crippen molar-refractivity contribution in [3.63, 3.8) is 0 Å². The second-order valence-electron chi connectivity index (χ2n) is 5.78. The van der Waals surface area contributed by atoms with Crippen molar-refractivity contribution in [1.29, 1.82) is 0 Å². The lowest BCUT2D eigenvalue weighted by Crippen LogP contribution is -2.46. The minimum Gasteiger partial charge on any atom is -0.392 e. The van der Waals surface area contributed by atoms with Gasteiger partial charge in [-0.1, -0.05) is 0 Å². The van der Waals surface area contributed by atoms with Crippen molar-refractivity contribution in [3.8, 4) is 0 Å². The molecule has 0 amide bonds. The molecule has 0 bridgehead atoms. The molecule has 100 valence electrons. The topological polar surface area (TPSA) is 47.3 Å². The fourth-order valence-corrected chi connectivity index (χ4v) is 3.41. The van der Waals surface area contributed by atoms with E-state index < -0.39 is 0 Å². The van der Waals surface area contributed by atoms with Crippen molar-refractivity contribution < 1.29 is 9.84 Å². The van der Waals surface area contributed by atoms with E-state index >= 15 is 0 Å². The average Bonchev–Trinajstić information content (AvgIpc) is 2.62. The van der Waals surface area contributed by atoms with E-state index in [-0.39, 0.29) is 12.2 Å². The molecule has 2 fully saturated rings. The second-order valence-corrected chi connectivity index (χ2v) is 5.78. The lowest BCUT2D eigenvalue weighted by molar-refractivity contribution is -0.141. The molecule has 0 radical (unpaired) electrons. The van der Waals surface area contributed by atoms with E-state index in [4.69, 9.17) is 4.74 Å². The Bertz CT molecular complexity index is 449. The van der Waals surface area contributed by atoms with Crippen LogP contribution in [0.3, 0.4) is 0 Å². The number of nitrogens with zero attached hydrogens (tertiary/aromatic N) is 2. The first-order chi connectivity index (χ1) is 8.65. The highest BCUT2D eigenvalue weighted by Crippen LogP contribution is 2.45. The molecule has 0 aromatic carbocycles.